The summed E-state index contributed by atoms with van der Waals surface area (Å²) >= 11 is 12.3. The molecule has 0 aliphatic carbocycles. The zero-order valence-corrected chi connectivity index (χ0v) is 10.4. The van der Waals surface area contributed by atoms with Crippen LogP contribution in [0.2, 0.25) is 10.0 Å². The Kier molecular flexibility index (Phi) is 3.33. The standard InChI is InChI=1S/C10H4Cl2FNO2S/c11-5-3-1-2-4(7(5)13)9-6(12)8(10(15)16)14-17-9/h1-3H,(H,15,16). The molecule has 2 rings (SSSR count). The molecule has 1 aromatic heterocycles. The molecule has 0 amide bonds. The summed E-state index contributed by atoms with van der Waals surface area (Å²) < 4.78 is 17.4. The van der Waals surface area contributed by atoms with Crippen LogP contribution in [0.15, 0.2) is 18.2 Å². The molecular formula is C10H4Cl2FNO2S. The lowest BCUT2D eigenvalue weighted by Gasteiger charge is -2.01. The maximum absolute atomic E-state index is 13.7. The quantitative estimate of drug-likeness (QED) is 0.911. The van der Waals surface area contributed by atoms with Crippen LogP contribution in [0.5, 0.6) is 0 Å². The van der Waals surface area contributed by atoms with Crippen molar-refractivity contribution in [3.05, 3.63) is 39.8 Å². The molecule has 0 aliphatic rings. The fraction of sp³-hybridized carbons (Fsp3) is 0. The van der Waals surface area contributed by atoms with Gasteiger partial charge in [-0.3, -0.25) is 0 Å². The van der Waals surface area contributed by atoms with Gasteiger partial charge in [-0.1, -0.05) is 35.3 Å². The normalized spacial score (nSPS) is 10.5. The minimum absolute atomic E-state index is 0.0520. The average molecular weight is 292 g/mol. The lowest BCUT2D eigenvalue weighted by molar-refractivity contribution is 0.0692. The maximum atomic E-state index is 13.7. The summed E-state index contributed by atoms with van der Waals surface area (Å²) in [7, 11) is 0. The van der Waals surface area contributed by atoms with Crippen molar-refractivity contribution in [3.8, 4) is 10.4 Å². The summed E-state index contributed by atoms with van der Waals surface area (Å²) in [6, 6.07) is 4.41. The molecule has 0 bridgehead atoms. The van der Waals surface area contributed by atoms with Crippen LogP contribution in [0, 0.1) is 5.82 Å². The Morgan fingerprint density at radius 2 is 2.12 bits per heavy atom. The van der Waals surface area contributed by atoms with Gasteiger partial charge in [-0.15, -0.1) is 0 Å². The minimum atomic E-state index is -1.25. The predicted molar refractivity (Wildman–Crippen MR) is 64.5 cm³/mol. The summed E-state index contributed by atoms with van der Waals surface area (Å²) in [5.41, 5.74) is -0.140. The molecule has 17 heavy (non-hydrogen) atoms. The highest BCUT2D eigenvalue weighted by Gasteiger charge is 2.21. The van der Waals surface area contributed by atoms with Gasteiger partial charge in [-0.25, -0.2) is 9.18 Å². The Labute approximate surface area is 110 Å². The summed E-state index contributed by atoms with van der Waals surface area (Å²) in [4.78, 5) is 11.0. The Bertz CT molecular complexity index is 600. The van der Waals surface area contributed by atoms with Crippen molar-refractivity contribution in [2.75, 3.05) is 0 Å². The van der Waals surface area contributed by atoms with E-state index in [1.807, 2.05) is 0 Å². The van der Waals surface area contributed by atoms with Gasteiger partial charge in [0.25, 0.3) is 0 Å². The van der Waals surface area contributed by atoms with Gasteiger partial charge in [-0.05, 0) is 17.6 Å². The number of rotatable bonds is 2. The van der Waals surface area contributed by atoms with Crippen molar-refractivity contribution < 1.29 is 14.3 Å². The first-order valence-electron chi connectivity index (χ1n) is 4.35. The minimum Gasteiger partial charge on any atom is -0.476 e. The van der Waals surface area contributed by atoms with E-state index in [-0.39, 0.29) is 26.2 Å². The van der Waals surface area contributed by atoms with E-state index >= 15 is 0 Å². The molecule has 88 valence electrons. The lowest BCUT2D eigenvalue weighted by Crippen LogP contribution is -1.96. The van der Waals surface area contributed by atoms with Crippen LogP contribution in [-0.2, 0) is 0 Å². The van der Waals surface area contributed by atoms with Crippen molar-refractivity contribution in [2.45, 2.75) is 0 Å². The van der Waals surface area contributed by atoms with Gasteiger partial charge in [0.2, 0.25) is 0 Å². The molecule has 0 fully saturated rings. The van der Waals surface area contributed by atoms with Gasteiger partial charge in [0, 0.05) is 5.56 Å². The summed E-state index contributed by atoms with van der Waals surface area (Å²) in [6.07, 6.45) is 0. The van der Waals surface area contributed by atoms with Gasteiger partial charge >= 0.3 is 5.97 Å². The highest BCUT2D eigenvalue weighted by molar-refractivity contribution is 7.10. The third-order valence-corrected chi connectivity index (χ3v) is 3.69. The van der Waals surface area contributed by atoms with Crippen LogP contribution in [-0.4, -0.2) is 15.4 Å². The summed E-state index contributed by atoms with van der Waals surface area (Å²) in [5, 5.41) is 8.66. The number of carbonyl (C=O) groups is 1. The zero-order valence-electron chi connectivity index (χ0n) is 8.08. The topological polar surface area (TPSA) is 50.2 Å². The Morgan fingerprint density at radius 1 is 1.41 bits per heavy atom. The van der Waals surface area contributed by atoms with Gasteiger partial charge in [-0.2, -0.15) is 4.37 Å². The molecule has 0 radical (unpaired) electrons. The number of carboxylic acid groups (broad SMARTS) is 1. The van der Waals surface area contributed by atoms with Gasteiger partial charge in [0.1, 0.15) is 0 Å². The number of carboxylic acids is 1. The lowest BCUT2D eigenvalue weighted by atomic mass is 10.1. The number of aromatic nitrogens is 1. The molecule has 0 unspecified atom stereocenters. The van der Waals surface area contributed by atoms with Crippen molar-refractivity contribution in [2.24, 2.45) is 0 Å². The Balaban J connectivity index is 2.62. The largest absolute Gasteiger partial charge is 0.476 e. The summed E-state index contributed by atoms with van der Waals surface area (Å²) in [5.74, 6) is -1.89. The highest BCUT2D eigenvalue weighted by atomic mass is 35.5. The van der Waals surface area contributed by atoms with Crippen LogP contribution in [0.3, 0.4) is 0 Å². The molecule has 0 aliphatic heterocycles. The Hall–Kier alpha value is -1.17. The van der Waals surface area contributed by atoms with Crippen molar-refractivity contribution in [3.63, 3.8) is 0 Å². The molecule has 7 heteroatoms. The van der Waals surface area contributed by atoms with Crippen molar-refractivity contribution in [1.29, 1.82) is 0 Å². The van der Waals surface area contributed by atoms with E-state index in [9.17, 15) is 9.18 Å². The van der Waals surface area contributed by atoms with E-state index in [1.165, 1.54) is 12.1 Å². The molecular weight excluding hydrogens is 288 g/mol. The third-order valence-electron chi connectivity index (χ3n) is 2.03. The second kappa shape index (κ2) is 4.60. The number of benzene rings is 1. The molecule has 1 heterocycles. The fourth-order valence-electron chi connectivity index (χ4n) is 1.26. The summed E-state index contributed by atoms with van der Waals surface area (Å²) in [6.45, 7) is 0. The molecule has 3 nitrogen and oxygen atoms in total. The average Bonchev–Trinajstić information content (AvgIpc) is 2.64. The molecule has 0 atom stereocenters. The number of nitrogens with zero attached hydrogens (tertiary/aromatic N) is 1. The van der Waals surface area contributed by atoms with Crippen molar-refractivity contribution in [1.82, 2.24) is 4.37 Å². The van der Waals surface area contributed by atoms with Gasteiger partial charge in [0.05, 0.1) is 14.9 Å². The first-order chi connectivity index (χ1) is 8.02. The van der Waals surface area contributed by atoms with E-state index in [4.69, 9.17) is 28.3 Å². The smallest absolute Gasteiger partial charge is 0.357 e. The number of hydrogen-bond donors (Lipinski definition) is 1. The first kappa shape index (κ1) is 12.3. The van der Waals surface area contributed by atoms with Crippen LogP contribution in [0.4, 0.5) is 4.39 Å². The number of halogens is 3. The van der Waals surface area contributed by atoms with E-state index < -0.39 is 11.8 Å². The van der Waals surface area contributed by atoms with Crippen LogP contribution in [0.25, 0.3) is 10.4 Å². The predicted octanol–water partition coefficient (Wildman–Crippen LogP) is 3.95. The monoisotopic (exact) mass is 291 g/mol. The number of hydrogen-bond acceptors (Lipinski definition) is 3. The molecule has 0 spiro atoms. The SMILES string of the molecule is O=C(O)c1nsc(-c2cccc(Cl)c2F)c1Cl. The molecule has 2 aromatic rings. The first-order valence-corrected chi connectivity index (χ1v) is 5.88. The highest BCUT2D eigenvalue weighted by Crippen LogP contribution is 2.37. The van der Waals surface area contributed by atoms with E-state index in [2.05, 4.69) is 4.37 Å². The van der Waals surface area contributed by atoms with Crippen LogP contribution in [0.1, 0.15) is 10.5 Å². The van der Waals surface area contributed by atoms with Gasteiger partial charge < -0.3 is 5.11 Å². The van der Waals surface area contributed by atoms with Crippen LogP contribution < -0.4 is 0 Å². The van der Waals surface area contributed by atoms with Crippen molar-refractivity contribution >= 4 is 40.7 Å². The van der Waals surface area contributed by atoms with E-state index in [0.29, 0.717) is 0 Å². The molecule has 1 N–H and O–H groups in total. The number of aromatic carboxylic acids is 1. The third kappa shape index (κ3) is 2.13. The van der Waals surface area contributed by atoms with E-state index in [0.717, 1.165) is 11.5 Å². The molecule has 0 saturated heterocycles. The maximum Gasteiger partial charge on any atom is 0.357 e. The second-order valence-corrected chi connectivity index (χ2v) is 4.64. The zero-order chi connectivity index (χ0) is 12.6. The molecule has 0 saturated carbocycles. The fourth-order valence-corrected chi connectivity index (χ4v) is 2.60. The van der Waals surface area contributed by atoms with Gasteiger partial charge in [0.15, 0.2) is 11.5 Å². The second-order valence-electron chi connectivity index (χ2n) is 3.08. The Morgan fingerprint density at radius 3 is 2.71 bits per heavy atom. The van der Waals surface area contributed by atoms with E-state index in [1.54, 1.807) is 6.07 Å². The van der Waals surface area contributed by atoms with Crippen LogP contribution >= 0.6 is 34.7 Å². The molecule has 1 aromatic carbocycles.